The van der Waals surface area contributed by atoms with E-state index in [4.69, 9.17) is 4.74 Å². The fourth-order valence-electron chi connectivity index (χ4n) is 4.19. The molecule has 0 spiro atoms. The van der Waals surface area contributed by atoms with Crippen molar-refractivity contribution in [3.05, 3.63) is 58.7 Å². The molecule has 0 aliphatic carbocycles. The smallest absolute Gasteiger partial charge is 0.329 e. The van der Waals surface area contributed by atoms with Crippen molar-refractivity contribution in [1.29, 1.82) is 0 Å². The summed E-state index contributed by atoms with van der Waals surface area (Å²) in [6, 6.07) is 8.90. The number of ether oxygens (including phenoxy) is 1. The maximum atomic E-state index is 13.5. The first-order chi connectivity index (χ1) is 19.5. The molecule has 2 amide bonds. The van der Waals surface area contributed by atoms with E-state index in [-0.39, 0.29) is 17.7 Å². The first-order valence-corrected chi connectivity index (χ1v) is 16.3. The molecule has 0 unspecified atom stereocenters. The molecule has 10 heteroatoms. The van der Waals surface area contributed by atoms with Gasteiger partial charge in [0.15, 0.2) is 0 Å². The van der Waals surface area contributed by atoms with Crippen LogP contribution in [0.15, 0.2) is 46.2 Å². The molecule has 2 rings (SSSR count). The molecule has 230 valence electrons. The second-order valence-electron chi connectivity index (χ2n) is 12.3. The van der Waals surface area contributed by atoms with E-state index in [1.165, 1.54) is 21.6 Å². The topological polar surface area (TPSA) is 122 Å². The number of aliphatic carboxylic acids is 1. The van der Waals surface area contributed by atoms with Gasteiger partial charge in [0.25, 0.3) is 11.8 Å². The SMILES string of the molecule is Cc1cccc(C(=O)N[C@@H](CC(C)C)C(=O)O)c1SSc1c(C)cccc1C(=O)N[C@@H](CC(C)C)C(=O)OC(C)(C)C. The van der Waals surface area contributed by atoms with Crippen LogP contribution >= 0.6 is 21.6 Å². The lowest BCUT2D eigenvalue weighted by Crippen LogP contribution is -2.45. The van der Waals surface area contributed by atoms with E-state index in [1.54, 1.807) is 45.0 Å². The van der Waals surface area contributed by atoms with Crippen LogP contribution in [0.3, 0.4) is 0 Å². The number of carbonyl (C=O) groups excluding carboxylic acids is 3. The van der Waals surface area contributed by atoms with Gasteiger partial charge in [-0.05, 0) is 82.6 Å². The van der Waals surface area contributed by atoms with Gasteiger partial charge in [0.1, 0.15) is 17.7 Å². The fraction of sp³-hybridized carbons (Fsp3) is 0.500. The van der Waals surface area contributed by atoms with Crippen molar-refractivity contribution >= 4 is 45.3 Å². The molecule has 2 atom stereocenters. The van der Waals surface area contributed by atoms with Gasteiger partial charge in [-0.3, -0.25) is 9.59 Å². The molecular weight excluding hydrogens is 572 g/mol. The predicted octanol–water partition coefficient (Wildman–Crippen LogP) is 6.82. The number of carboxylic acids is 1. The van der Waals surface area contributed by atoms with Gasteiger partial charge in [-0.15, -0.1) is 0 Å². The number of amides is 2. The lowest BCUT2D eigenvalue weighted by Gasteiger charge is -2.26. The number of nitrogens with one attached hydrogen (secondary N) is 2. The molecule has 0 saturated carbocycles. The third-order valence-electron chi connectivity index (χ3n) is 6.14. The quantitative estimate of drug-likeness (QED) is 0.166. The van der Waals surface area contributed by atoms with E-state index in [9.17, 15) is 24.3 Å². The standard InChI is InChI=1S/C32H44N2O6S2/c1-18(2)16-24(30(37)38)33-28(35)22-14-10-12-20(5)26(22)41-42-27-21(6)13-11-15-23(27)29(36)34-25(17-19(3)4)31(39)40-32(7,8)9/h10-15,18-19,24-25H,16-17H2,1-9H3,(H,33,35)(H,34,36)(H,37,38)/t24-,25-/m0/s1. The van der Waals surface area contributed by atoms with E-state index in [0.29, 0.717) is 33.8 Å². The van der Waals surface area contributed by atoms with Crippen molar-refractivity contribution in [1.82, 2.24) is 10.6 Å². The third-order valence-corrected chi connectivity index (χ3v) is 8.89. The van der Waals surface area contributed by atoms with Gasteiger partial charge in [0.05, 0.1) is 11.1 Å². The zero-order valence-electron chi connectivity index (χ0n) is 26.0. The molecule has 2 aromatic carbocycles. The Bertz CT molecular complexity index is 1290. The Kier molecular flexibility index (Phi) is 13.0. The molecule has 8 nitrogen and oxygen atoms in total. The minimum atomic E-state index is -1.08. The highest BCUT2D eigenvalue weighted by Crippen LogP contribution is 2.43. The summed E-state index contributed by atoms with van der Waals surface area (Å²) in [5.74, 6) is -2.17. The summed E-state index contributed by atoms with van der Waals surface area (Å²) in [5, 5.41) is 15.2. The van der Waals surface area contributed by atoms with Crippen LogP contribution < -0.4 is 10.6 Å². The van der Waals surface area contributed by atoms with Crippen LogP contribution in [0.1, 0.15) is 93.2 Å². The number of benzene rings is 2. The summed E-state index contributed by atoms with van der Waals surface area (Å²) in [7, 11) is 2.67. The number of hydrogen-bond donors (Lipinski definition) is 3. The molecule has 0 bridgehead atoms. The van der Waals surface area contributed by atoms with Crippen molar-refractivity contribution in [3.63, 3.8) is 0 Å². The van der Waals surface area contributed by atoms with Crippen LogP contribution in [-0.2, 0) is 14.3 Å². The second kappa shape index (κ2) is 15.5. The number of hydrogen-bond acceptors (Lipinski definition) is 7. The summed E-state index contributed by atoms with van der Waals surface area (Å²) in [5.41, 5.74) is 1.79. The van der Waals surface area contributed by atoms with Gasteiger partial charge in [-0.1, -0.05) is 73.5 Å². The number of rotatable bonds is 13. The van der Waals surface area contributed by atoms with Crippen LogP contribution in [0.25, 0.3) is 0 Å². The molecule has 0 aliphatic rings. The Morgan fingerprint density at radius 3 is 1.55 bits per heavy atom. The van der Waals surface area contributed by atoms with Crippen molar-refractivity contribution in [2.75, 3.05) is 0 Å². The van der Waals surface area contributed by atoms with Gasteiger partial charge < -0.3 is 20.5 Å². The molecule has 0 heterocycles. The van der Waals surface area contributed by atoms with Gasteiger partial charge in [-0.25, -0.2) is 9.59 Å². The van der Waals surface area contributed by atoms with Crippen molar-refractivity contribution < 1.29 is 29.0 Å². The van der Waals surface area contributed by atoms with Gasteiger partial charge in [0.2, 0.25) is 0 Å². The predicted molar refractivity (Wildman–Crippen MR) is 169 cm³/mol. The number of aryl methyl sites for hydroxylation is 2. The Hall–Kier alpha value is -2.98. The third kappa shape index (κ3) is 10.7. The average molecular weight is 617 g/mol. The highest BCUT2D eigenvalue weighted by Gasteiger charge is 2.29. The molecule has 3 N–H and O–H groups in total. The Morgan fingerprint density at radius 2 is 1.17 bits per heavy atom. The van der Waals surface area contributed by atoms with Crippen molar-refractivity contribution in [2.24, 2.45) is 11.8 Å². The molecule has 0 saturated heterocycles. The Balaban J connectivity index is 2.34. The van der Waals surface area contributed by atoms with Crippen LogP contribution in [0.2, 0.25) is 0 Å². The molecule has 0 fully saturated rings. The molecule has 0 aromatic heterocycles. The van der Waals surface area contributed by atoms with Gasteiger partial charge in [0, 0.05) is 9.79 Å². The first-order valence-electron chi connectivity index (χ1n) is 14.1. The van der Waals surface area contributed by atoms with Crippen LogP contribution in [0.4, 0.5) is 0 Å². The maximum absolute atomic E-state index is 13.5. The summed E-state index contributed by atoms with van der Waals surface area (Å²) in [4.78, 5) is 52.8. The molecule has 2 aromatic rings. The van der Waals surface area contributed by atoms with Crippen molar-refractivity contribution in [3.8, 4) is 0 Å². The highest BCUT2D eigenvalue weighted by atomic mass is 33.1. The monoisotopic (exact) mass is 616 g/mol. The number of carbonyl (C=O) groups is 4. The maximum Gasteiger partial charge on any atom is 0.329 e. The van der Waals surface area contributed by atoms with E-state index in [0.717, 1.165) is 11.1 Å². The molecule has 42 heavy (non-hydrogen) atoms. The summed E-state index contributed by atoms with van der Waals surface area (Å²) in [6.45, 7) is 16.9. The van der Waals surface area contributed by atoms with Crippen LogP contribution in [-0.4, -0.2) is 46.5 Å². The molecule has 0 radical (unpaired) electrons. The Morgan fingerprint density at radius 1 is 0.762 bits per heavy atom. The van der Waals surface area contributed by atoms with E-state index < -0.39 is 35.5 Å². The molecule has 0 aliphatic heterocycles. The van der Waals surface area contributed by atoms with E-state index in [2.05, 4.69) is 10.6 Å². The zero-order valence-corrected chi connectivity index (χ0v) is 27.6. The van der Waals surface area contributed by atoms with Crippen LogP contribution in [0, 0.1) is 25.7 Å². The van der Waals surface area contributed by atoms with Crippen LogP contribution in [0.5, 0.6) is 0 Å². The minimum absolute atomic E-state index is 0.0920. The lowest BCUT2D eigenvalue weighted by molar-refractivity contribution is -0.157. The molecular formula is C32H44N2O6S2. The average Bonchev–Trinajstić information content (AvgIpc) is 2.85. The van der Waals surface area contributed by atoms with E-state index >= 15 is 0 Å². The zero-order chi connectivity index (χ0) is 31.8. The van der Waals surface area contributed by atoms with Gasteiger partial charge >= 0.3 is 11.9 Å². The lowest BCUT2D eigenvalue weighted by atomic mass is 10.0. The number of carboxylic acid groups (broad SMARTS) is 1. The fourth-order valence-corrected chi connectivity index (χ4v) is 7.08. The Labute approximate surface area is 257 Å². The van der Waals surface area contributed by atoms with E-state index in [1.807, 2.05) is 53.7 Å². The minimum Gasteiger partial charge on any atom is -0.480 e. The van der Waals surface area contributed by atoms with Gasteiger partial charge in [-0.2, -0.15) is 0 Å². The normalized spacial score (nSPS) is 13.0. The first kappa shape index (κ1) is 35.2. The number of esters is 1. The van der Waals surface area contributed by atoms with Crippen molar-refractivity contribution in [2.45, 2.75) is 103 Å². The summed E-state index contributed by atoms with van der Waals surface area (Å²) >= 11 is 0. The largest absolute Gasteiger partial charge is 0.480 e. The summed E-state index contributed by atoms with van der Waals surface area (Å²) < 4.78 is 5.57. The summed E-state index contributed by atoms with van der Waals surface area (Å²) in [6.07, 6.45) is 0.742. The highest BCUT2D eigenvalue weighted by molar-refractivity contribution is 8.76. The second-order valence-corrected chi connectivity index (χ2v) is 14.4.